The molecule has 0 aliphatic heterocycles. The predicted molar refractivity (Wildman–Crippen MR) is 116 cm³/mol. The number of carbonyl (C=O) groups is 2. The molecule has 30 heavy (non-hydrogen) atoms. The second-order valence-corrected chi connectivity index (χ2v) is 7.71. The van der Waals surface area contributed by atoms with E-state index >= 15 is 0 Å². The van der Waals surface area contributed by atoms with Crippen LogP contribution in [-0.4, -0.2) is 34.1 Å². The number of benzene rings is 2. The minimum absolute atomic E-state index is 0.215. The van der Waals surface area contributed by atoms with E-state index in [-0.39, 0.29) is 18.4 Å². The first kappa shape index (κ1) is 21.3. The highest BCUT2D eigenvalue weighted by molar-refractivity contribution is 5.97. The fourth-order valence-corrected chi connectivity index (χ4v) is 3.12. The molecule has 0 radical (unpaired) electrons. The number of hydrogen-bond donors (Lipinski definition) is 1. The smallest absolute Gasteiger partial charge is 0.330 e. The SMILES string of the molecule is Cc1cc(C(=O)N[C@@H](Cn2ccnc2)C(=O)OCC(C)C)ccc1-c1ccccc1. The van der Waals surface area contributed by atoms with Crippen molar-refractivity contribution in [2.45, 2.75) is 33.4 Å². The van der Waals surface area contributed by atoms with Gasteiger partial charge in [-0.15, -0.1) is 0 Å². The van der Waals surface area contributed by atoms with Crippen LogP contribution in [0.25, 0.3) is 11.1 Å². The maximum Gasteiger partial charge on any atom is 0.330 e. The van der Waals surface area contributed by atoms with Gasteiger partial charge in [0.1, 0.15) is 6.04 Å². The van der Waals surface area contributed by atoms with Crippen molar-refractivity contribution < 1.29 is 14.3 Å². The summed E-state index contributed by atoms with van der Waals surface area (Å²) in [5.74, 6) is -0.556. The molecule has 0 saturated heterocycles. The lowest BCUT2D eigenvalue weighted by molar-refractivity contribution is -0.147. The highest BCUT2D eigenvalue weighted by atomic mass is 16.5. The van der Waals surface area contributed by atoms with E-state index in [4.69, 9.17) is 4.74 Å². The van der Waals surface area contributed by atoms with Gasteiger partial charge in [0.15, 0.2) is 0 Å². The average molecular weight is 405 g/mol. The fourth-order valence-electron chi connectivity index (χ4n) is 3.12. The molecule has 0 bridgehead atoms. The zero-order chi connectivity index (χ0) is 21.5. The van der Waals surface area contributed by atoms with Gasteiger partial charge in [-0.05, 0) is 41.7 Å². The lowest BCUT2D eigenvalue weighted by Crippen LogP contribution is -2.44. The topological polar surface area (TPSA) is 73.2 Å². The van der Waals surface area contributed by atoms with Crippen LogP contribution in [0.5, 0.6) is 0 Å². The van der Waals surface area contributed by atoms with Crippen molar-refractivity contribution in [3.8, 4) is 11.1 Å². The van der Waals surface area contributed by atoms with E-state index in [0.717, 1.165) is 16.7 Å². The number of imidazole rings is 1. The average Bonchev–Trinajstić information content (AvgIpc) is 3.25. The maximum absolute atomic E-state index is 12.9. The Balaban J connectivity index is 1.75. The highest BCUT2D eigenvalue weighted by Crippen LogP contribution is 2.24. The molecule has 1 heterocycles. The maximum atomic E-state index is 12.9. The monoisotopic (exact) mass is 405 g/mol. The lowest BCUT2D eigenvalue weighted by atomic mass is 9.98. The zero-order valence-electron chi connectivity index (χ0n) is 17.5. The van der Waals surface area contributed by atoms with Crippen molar-refractivity contribution in [1.29, 1.82) is 0 Å². The Bertz CT molecular complexity index is 982. The van der Waals surface area contributed by atoms with E-state index in [2.05, 4.69) is 10.3 Å². The zero-order valence-corrected chi connectivity index (χ0v) is 17.5. The van der Waals surface area contributed by atoms with Gasteiger partial charge in [0, 0.05) is 18.0 Å². The van der Waals surface area contributed by atoms with Crippen LogP contribution in [0.2, 0.25) is 0 Å². The molecule has 3 aromatic rings. The normalized spacial score (nSPS) is 11.9. The van der Waals surface area contributed by atoms with Crippen molar-refractivity contribution in [3.63, 3.8) is 0 Å². The summed E-state index contributed by atoms with van der Waals surface area (Å²) >= 11 is 0. The van der Waals surface area contributed by atoms with E-state index in [9.17, 15) is 9.59 Å². The van der Waals surface area contributed by atoms with Crippen LogP contribution in [-0.2, 0) is 16.1 Å². The molecule has 0 unspecified atom stereocenters. The molecule has 0 saturated carbocycles. The first-order chi connectivity index (χ1) is 14.4. The van der Waals surface area contributed by atoms with E-state index in [0.29, 0.717) is 12.2 Å². The highest BCUT2D eigenvalue weighted by Gasteiger charge is 2.24. The molecule has 2 aromatic carbocycles. The van der Waals surface area contributed by atoms with Gasteiger partial charge >= 0.3 is 5.97 Å². The minimum Gasteiger partial charge on any atom is -0.464 e. The summed E-state index contributed by atoms with van der Waals surface area (Å²) in [6, 6.07) is 14.8. The van der Waals surface area contributed by atoms with Crippen molar-refractivity contribution >= 4 is 11.9 Å². The Morgan fingerprint density at radius 2 is 1.90 bits per heavy atom. The standard InChI is InChI=1S/C24H27N3O3/c1-17(2)15-30-24(29)22(14-27-12-11-25-16-27)26-23(28)20-9-10-21(18(3)13-20)19-7-5-4-6-8-19/h4-13,16-17,22H,14-15H2,1-3H3,(H,26,28)/t22-/m0/s1. The molecule has 0 aliphatic carbocycles. The van der Waals surface area contributed by atoms with Gasteiger partial charge in [-0.1, -0.05) is 50.2 Å². The van der Waals surface area contributed by atoms with Gasteiger partial charge in [-0.3, -0.25) is 4.79 Å². The van der Waals surface area contributed by atoms with Crippen LogP contribution in [0, 0.1) is 12.8 Å². The number of esters is 1. The third-order valence-electron chi connectivity index (χ3n) is 4.67. The Kier molecular flexibility index (Phi) is 7.01. The van der Waals surface area contributed by atoms with Crippen molar-refractivity contribution in [3.05, 3.63) is 78.4 Å². The number of amides is 1. The minimum atomic E-state index is -0.806. The summed E-state index contributed by atoms with van der Waals surface area (Å²) in [7, 11) is 0. The summed E-state index contributed by atoms with van der Waals surface area (Å²) < 4.78 is 7.11. The number of aromatic nitrogens is 2. The van der Waals surface area contributed by atoms with Crippen LogP contribution in [0.3, 0.4) is 0 Å². The molecule has 0 spiro atoms. The number of nitrogens with one attached hydrogen (secondary N) is 1. The van der Waals surface area contributed by atoms with Crippen LogP contribution in [0.4, 0.5) is 0 Å². The van der Waals surface area contributed by atoms with Crippen LogP contribution < -0.4 is 5.32 Å². The van der Waals surface area contributed by atoms with Gasteiger partial charge in [-0.25, -0.2) is 9.78 Å². The predicted octanol–water partition coefficient (Wildman–Crippen LogP) is 3.86. The molecular weight excluding hydrogens is 378 g/mol. The summed E-state index contributed by atoms with van der Waals surface area (Å²) in [4.78, 5) is 29.5. The van der Waals surface area contributed by atoms with Crippen molar-refractivity contribution in [2.75, 3.05) is 6.61 Å². The van der Waals surface area contributed by atoms with Gasteiger partial charge < -0.3 is 14.6 Å². The number of aryl methyl sites for hydroxylation is 1. The van der Waals surface area contributed by atoms with E-state index in [1.807, 2.05) is 63.2 Å². The first-order valence-corrected chi connectivity index (χ1v) is 10.0. The quantitative estimate of drug-likeness (QED) is 0.578. The number of nitrogens with zero attached hydrogens (tertiary/aromatic N) is 2. The Hall–Kier alpha value is -3.41. The molecule has 0 fully saturated rings. The molecule has 6 heteroatoms. The Morgan fingerprint density at radius 3 is 2.53 bits per heavy atom. The van der Waals surface area contributed by atoms with Crippen LogP contribution in [0.1, 0.15) is 29.8 Å². The van der Waals surface area contributed by atoms with Gasteiger partial charge in [-0.2, -0.15) is 0 Å². The van der Waals surface area contributed by atoms with Gasteiger partial charge in [0.2, 0.25) is 0 Å². The summed E-state index contributed by atoms with van der Waals surface area (Å²) in [5.41, 5.74) is 3.65. The summed E-state index contributed by atoms with van der Waals surface area (Å²) in [6.45, 7) is 6.46. The second kappa shape index (κ2) is 9.87. The molecule has 1 amide bonds. The number of rotatable bonds is 8. The van der Waals surface area contributed by atoms with Gasteiger partial charge in [0.05, 0.1) is 19.5 Å². The third kappa shape index (κ3) is 5.56. The molecule has 3 rings (SSSR count). The first-order valence-electron chi connectivity index (χ1n) is 10.0. The molecule has 156 valence electrons. The van der Waals surface area contributed by atoms with Crippen LogP contribution in [0.15, 0.2) is 67.3 Å². The number of ether oxygens (including phenoxy) is 1. The molecule has 1 aromatic heterocycles. The van der Waals surface area contributed by atoms with Gasteiger partial charge in [0.25, 0.3) is 5.91 Å². The molecule has 1 N–H and O–H groups in total. The molecular formula is C24H27N3O3. The number of carbonyl (C=O) groups excluding carboxylic acids is 2. The Labute approximate surface area is 176 Å². The van der Waals surface area contributed by atoms with E-state index in [1.54, 1.807) is 29.4 Å². The molecule has 6 nitrogen and oxygen atoms in total. The second-order valence-electron chi connectivity index (χ2n) is 7.71. The van der Waals surface area contributed by atoms with Crippen LogP contribution >= 0.6 is 0 Å². The third-order valence-corrected chi connectivity index (χ3v) is 4.67. The molecule has 1 atom stereocenters. The van der Waals surface area contributed by atoms with E-state index < -0.39 is 12.0 Å². The van der Waals surface area contributed by atoms with Crippen molar-refractivity contribution in [1.82, 2.24) is 14.9 Å². The van der Waals surface area contributed by atoms with E-state index in [1.165, 1.54) is 0 Å². The Morgan fingerprint density at radius 1 is 1.13 bits per heavy atom. The largest absolute Gasteiger partial charge is 0.464 e. The summed E-state index contributed by atoms with van der Waals surface area (Å²) in [6.07, 6.45) is 4.98. The lowest BCUT2D eigenvalue weighted by Gasteiger charge is -2.19. The molecule has 0 aliphatic rings. The summed E-state index contributed by atoms with van der Waals surface area (Å²) in [5, 5.41) is 2.82. The fraction of sp³-hybridized carbons (Fsp3) is 0.292. The van der Waals surface area contributed by atoms with Crippen molar-refractivity contribution in [2.24, 2.45) is 5.92 Å². The number of hydrogen-bond acceptors (Lipinski definition) is 4.